The molecule has 0 radical (unpaired) electrons. The summed E-state index contributed by atoms with van der Waals surface area (Å²) in [4.78, 5) is 4.17. The van der Waals surface area contributed by atoms with Gasteiger partial charge in [-0.2, -0.15) is 4.99 Å². The van der Waals surface area contributed by atoms with E-state index in [-0.39, 0.29) is 0 Å². The van der Waals surface area contributed by atoms with Crippen LogP contribution in [0.4, 0.5) is 0 Å². The highest BCUT2D eigenvalue weighted by atomic mass is 32.1. The Balaban J connectivity index is 2.07. The quantitative estimate of drug-likeness (QED) is 0.549. The molecule has 0 aromatic heterocycles. The Labute approximate surface area is 101 Å². The molecule has 1 nitrogen and oxygen atoms in total. The maximum absolute atomic E-state index is 4.70. The van der Waals surface area contributed by atoms with Gasteiger partial charge in [0.2, 0.25) is 0 Å². The summed E-state index contributed by atoms with van der Waals surface area (Å²) in [6.45, 7) is 0. The molecular weight excluding hydrogens is 214 g/mol. The van der Waals surface area contributed by atoms with Gasteiger partial charge in [-0.15, -0.1) is 0 Å². The van der Waals surface area contributed by atoms with Crippen molar-refractivity contribution >= 4 is 23.1 Å². The Morgan fingerprint density at radius 3 is 2.81 bits per heavy atom. The first-order valence-electron chi connectivity index (χ1n) is 5.77. The van der Waals surface area contributed by atoms with E-state index in [0.717, 1.165) is 18.0 Å². The van der Waals surface area contributed by atoms with E-state index in [0.29, 0.717) is 5.92 Å². The van der Waals surface area contributed by atoms with E-state index in [9.17, 15) is 0 Å². The predicted octanol–water partition coefficient (Wildman–Crippen LogP) is 4.03. The molecule has 1 atom stereocenters. The zero-order valence-electron chi connectivity index (χ0n) is 9.02. The SMILES string of the molecule is S=C=NC1=CCC(C2CC2)c2ccccc21. The van der Waals surface area contributed by atoms with Crippen LogP contribution in [0.1, 0.15) is 36.3 Å². The number of allylic oxidation sites excluding steroid dienone is 1. The van der Waals surface area contributed by atoms with Gasteiger partial charge in [0.25, 0.3) is 0 Å². The van der Waals surface area contributed by atoms with E-state index in [1.54, 1.807) is 0 Å². The second-order valence-electron chi connectivity index (χ2n) is 4.56. The van der Waals surface area contributed by atoms with E-state index < -0.39 is 0 Å². The molecule has 0 amide bonds. The molecule has 1 aromatic rings. The number of thiocarbonyl (C=S) groups is 1. The normalized spacial score (nSPS) is 23.0. The summed E-state index contributed by atoms with van der Waals surface area (Å²) in [6, 6.07) is 8.58. The van der Waals surface area contributed by atoms with Gasteiger partial charge in [0, 0.05) is 5.56 Å². The number of benzene rings is 1. The Morgan fingerprint density at radius 2 is 2.06 bits per heavy atom. The van der Waals surface area contributed by atoms with Crippen LogP contribution in [0.5, 0.6) is 0 Å². The van der Waals surface area contributed by atoms with E-state index in [2.05, 4.69) is 40.5 Å². The topological polar surface area (TPSA) is 12.4 Å². The molecular formula is C14H13NS. The Morgan fingerprint density at radius 1 is 1.25 bits per heavy atom. The summed E-state index contributed by atoms with van der Waals surface area (Å²) < 4.78 is 0. The Hall–Kier alpha value is -1.24. The van der Waals surface area contributed by atoms with Gasteiger partial charge in [0.15, 0.2) is 0 Å². The van der Waals surface area contributed by atoms with Crippen LogP contribution in [0.3, 0.4) is 0 Å². The highest BCUT2D eigenvalue weighted by Crippen LogP contribution is 2.48. The minimum Gasteiger partial charge on any atom is -0.194 e. The van der Waals surface area contributed by atoms with Gasteiger partial charge in [-0.05, 0) is 48.9 Å². The first-order valence-corrected chi connectivity index (χ1v) is 6.18. The van der Waals surface area contributed by atoms with Crippen molar-refractivity contribution in [2.45, 2.75) is 25.2 Å². The van der Waals surface area contributed by atoms with Crippen LogP contribution in [0.25, 0.3) is 5.70 Å². The minimum absolute atomic E-state index is 0.709. The maximum Gasteiger partial charge on any atom is 0.0775 e. The molecule has 1 saturated carbocycles. The second-order valence-corrected chi connectivity index (χ2v) is 4.74. The van der Waals surface area contributed by atoms with Gasteiger partial charge in [-0.1, -0.05) is 30.3 Å². The molecule has 2 heteroatoms. The number of nitrogens with zero attached hydrogens (tertiary/aromatic N) is 1. The van der Waals surface area contributed by atoms with Crippen molar-refractivity contribution in [1.82, 2.24) is 0 Å². The van der Waals surface area contributed by atoms with Crippen molar-refractivity contribution in [1.29, 1.82) is 0 Å². The van der Waals surface area contributed by atoms with E-state index in [1.807, 2.05) is 0 Å². The summed E-state index contributed by atoms with van der Waals surface area (Å²) in [5.74, 6) is 1.61. The van der Waals surface area contributed by atoms with Gasteiger partial charge in [0.1, 0.15) is 0 Å². The van der Waals surface area contributed by atoms with Crippen LogP contribution < -0.4 is 0 Å². The van der Waals surface area contributed by atoms with Gasteiger partial charge in [0.05, 0.1) is 10.9 Å². The fourth-order valence-corrected chi connectivity index (χ4v) is 2.73. The van der Waals surface area contributed by atoms with Crippen molar-refractivity contribution < 1.29 is 0 Å². The fourth-order valence-electron chi connectivity index (χ4n) is 2.63. The van der Waals surface area contributed by atoms with E-state index in [4.69, 9.17) is 12.2 Å². The van der Waals surface area contributed by atoms with Crippen LogP contribution in [0.15, 0.2) is 35.3 Å². The summed E-state index contributed by atoms with van der Waals surface area (Å²) >= 11 is 4.70. The highest BCUT2D eigenvalue weighted by molar-refractivity contribution is 7.78. The molecule has 2 aliphatic rings. The van der Waals surface area contributed by atoms with Crippen molar-refractivity contribution in [2.24, 2.45) is 10.9 Å². The third-order valence-corrected chi connectivity index (χ3v) is 3.65. The number of hydrogen-bond donors (Lipinski definition) is 0. The van der Waals surface area contributed by atoms with Crippen molar-refractivity contribution in [2.75, 3.05) is 0 Å². The van der Waals surface area contributed by atoms with Crippen LogP contribution >= 0.6 is 12.2 Å². The lowest BCUT2D eigenvalue weighted by molar-refractivity contribution is 0.606. The summed E-state index contributed by atoms with van der Waals surface area (Å²) in [6.07, 6.45) is 6.10. The maximum atomic E-state index is 4.70. The molecule has 3 rings (SSSR count). The number of rotatable bonds is 2. The summed E-state index contributed by atoms with van der Waals surface area (Å²) in [5.41, 5.74) is 3.71. The lowest BCUT2D eigenvalue weighted by Crippen LogP contribution is -2.08. The Kier molecular flexibility index (Phi) is 2.47. The van der Waals surface area contributed by atoms with Crippen molar-refractivity contribution in [3.8, 4) is 0 Å². The largest absolute Gasteiger partial charge is 0.194 e. The fraction of sp³-hybridized carbons (Fsp3) is 0.357. The highest BCUT2D eigenvalue weighted by Gasteiger charge is 2.34. The molecule has 0 N–H and O–H groups in total. The monoisotopic (exact) mass is 227 g/mol. The summed E-state index contributed by atoms with van der Waals surface area (Å²) in [5, 5.41) is 2.48. The van der Waals surface area contributed by atoms with Crippen molar-refractivity contribution in [3.05, 3.63) is 41.5 Å². The van der Waals surface area contributed by atoms with E-state index >= 15 is 0 Å². The van der Waals surface area contributed by atoms with Crippen LogP contribution in [0, 0.1) is 5.92 Å². The molecule has 0 heterocycles. The second kappa shape index (κ2) is 3.97. The smallest absolute Gasteiger partial charge is 0.0775 e. The number of isothiocyanates is 1. The molecule has 80 valence electrons. The molecule has 1 aromatic carbocycles. The summed E-state index contributed by atoms with van der Waals surface area (Å²) in [7, 11) is 0. The first kappa shape index (κ1) is 9.95. The molecule has 0 aliphatic heterocycles. The van der Waals surface area contributed by atoms with Crippen LogP contribution in [-0.2, 0) is 0 Å². The first-order chi connectivity index (χ1) is 7.90. The minimum atomic E-state index is 0.709. The van der Waals surface area contributed by atoms with Gasteiger partial charge >= 0.3 is 0 Å². The van der Waals surface area contributed by atoms with Gasteiger partial charge in [-0.25, -0.2) is 0 Å². The number of fused-ring (bicyclic) bond motifs is 1. The average molecular weight is 227 g/mol. The lowest BCUT2D eigenvalue weighted by atomic mass is 9.82. The van der Waals surface area contributed by atoms with Gasteiger partial charge in [-0.3, -0.25) is 0 Å². The van der Waals surface area contributed by atoms with E-state index in [1.165, 1.54) is 24.0 Å². The van der Waals surface area contributed by atoms with Crippen LogP contribution in [0.2, 0.25) is 0 Å². The molecule has 2 aliphatic carbocycles. The third-order valence-electron chi connectivity index (χ3n) is 3.56. The van der Waals surface area contributed by atoms with Crippen LogP contribution in [-0.4, -0.2) is 5.16 Å². The molecule has 0 spiro atoms. The zero-order chi connectivity index (χ0) is 11.0. The Bertz CT molecular complexity index is 493. The number of hydrogen-bond acceptors (Lipinski definition) is 2. The standard InChI is InChI=1S/C14H13NS/c16-9-15-14-8-7-11(10-5-6-10)12-3-1-2-4-13(12)14/h1-4,8,10-11H,5-7H2. The zero-order valence-corrected chi connectivity index (χ0v) is 9.83. The molecule has 0 bridgehead atoms. The third kappa shape index (κ3) is 1.64. The lowest BCUT2D eigenvalue weighted by Gasteiger charge is -2.23. The predicted molar refractivity (Wildman–Crippen MR) is 69.5 cm³/mol. The number of aliphatic imine (C=N–C) groups is 1. The molecule has 1 unspecified atom stereocenters. The van der Waals surface area contributed by atoms with Gasteiger partial charge < -0.3 is 0 Å². The molecule has 1 fully saturated rings. The average Bonchev–Trinajstić information content (AvgIpc) is 3.14. The van der Waals surface area contributed by atoms with Crippen molar-refractivity contribution in [3.63, 3.8) is 0 Å². The molecule has 16 heavy (non-hydrogen) atoms. The molecule has 0 saturated heterocycles.